The average Bonchev–Trinajstić information content (AvgIpc) is 2.68. The number of para-hydroxylation sites is 1. The number of halogens is 1. The molecule has 0 aromatic heterocycles. The average molecular weight is 390 g/mol. The van der Waals surface area contributed by atoms with Crippen LogP contribution in [0.15, 0.2) is 53.9 Å². The van der Waals surface area contributed by atoms with Crippen molar-refractivity contribution in [3.63, 3.8) is 0 Å². The van der Waals surface area contributed by atoms with Crippen LogP contribution in [0.25, 0.3) is 5.70 Å². The van der Waals surface area contributed by atoms with Gasteiger partial charge in [0.2, 0.25) is 0 Å². The minimum atomic E-state index is 0.534. The van der Waals surface area contributed by atoms with Crippen LogP contribution in [0.5, 0.6) is 0 Å². The van der Waals surface area contributed by atoms with Gasteiger partial charge in [0.05, 0.1) is 16.6 Å². The molecule has 5 heteroatoms. The molecule has 26 heavy (non-hydrogen) atoms. The largest absolute Gasteiger partial charge is 0.387 e. The van der Waals surface area contributed by atoms with Crippen molar-refractivity contribution in [1.82, 2.24) is 5.32 Å². The maximum atomic E-state index is 6.16. The van der Waals surface area contributed by atoms with Crippen LogP contribution in [0, 0.1) is 0 Å². The summed E-state index contributed by atoms with van der Waals surface area (Å²) >= 11 is 7.85. The van der Waals surface area contributed by atoms with Gasteiger partial charge in [-0.15, -0.1) is 11.8 Å². The molecule has 0 saturated carbocycles. The third-order valence-corrected chi connectivity index (χ3v) is 5.29. The van der Waals surface area contributed by atoms with E-state index in [-0.39, 0.29) is 0 Å². The molecule has 0 heterocycles. The monoisotopic (exact) mass is 389 g/mol. The molecule has 0 amide bonds. The molecular weight excluding hydrogens is 362 g/mol. The van der Waals surface area contributed by atoms with Crippen molar-refractivity contribution in [3.8, 4) is 0 Å². The standard InChI is InChI=1S/C21H28ClN3S/c1-4-17(5-2)25-18-12-10-16(11-13-18)21(23-3)14-26-15-24-20-9-7-6-8-19(20)22/h6-14,17,23-25H,4-5,15H2,1-3H3/b21-14-. The summed E-state index contributed by atoms with van der Waals surface area (Å²) in [4.78, 5) is 0. The Balaban J connectivity index is 1.92. The van der Waals surface area contributed by atoms with Crippen LogP contribution in [0.2, 0.25) is 5.02 Å². The molecule has 0 aliphatic rings. The van der Waals surface area contributed by atoms with Crippen molar-refractivity contribution < 1.29 is 0 Å². The fraction of sp³-hybridized carbons (Fsp3) is 0.333. The van der Waals surface area contributed by atoms with Gasteiger partial charge in [-0.1, -0.05) is 49.7 Å². The Morgan fingerprint density at radius 3 is 2.38 bits per heavy atom. The molecule has 0 saturated heterocycles. The van der Waals surface area contributed by atoms with Crippen molar-refractivity contribution in [1.29, 1.82) is 0 Å². The van der Waals surface area contributed by atoms with E-state index in [1.54, 1.807) is 11.8 Å². The van der Waals surface area contributed by atoms with Gasteiger partial charge in [-0.2, -0.15) is 0 Å². The van der Waals surface area contributed by atoms with Gasteiger partial charge < -0.3 is 16.0 Å². The first kappa shape index (κ1) is 20.5. The predicted octanol–water partition coefficient (Wildman–Crippen LogP) is 6.26. The van der Waals surface area contributed by atoms with E-state index >= 15 is 0 Å². The highest BCUT2D eigenvalue weighted by atomic mass is 35.5. The summed E-state index contributed by atoms with van der Waals surface area (Å²) in [5, 5.41) is 13.1. The van der Waals surface area contributed by atoms with Gasteiger partial charge in [0.15, 0.2) is 0 Å². The minimum absolute atomic E-state index is 0.534. The second-order valence-corrected chi connectivity index (χ2v) is 7.25. The minimum Gasteiger partial charge on any atom is -0.387 e. The number of thioether (sulfide) groups is 1. The third kappa shape index (κ3) is 6.19. The molecule has 0 radical (unpaired) electrons. The van der Waals surface area contributed by atoms with Gasteiger partial charge in [0.25, 0.3) is 0 Å². The Bertz CT molecular complexity index is 697. The summed E-state index contributed by atoms with van der Waals surface area (Å²) in [6.45, 7) is 4.43. The molecule has 0 spiro atoms. The predicted molar refractivity (Wildman–Crippen MR) is 119 cm³/mol. The number of benzene rings is 2. The van der Waals surface area contributed by atoms with Crippen LogP contribution in [0.4, 0.5) is 11.4 Å². The summed E-state index contributed by atoms with van der Waals surface area (Å²) in [7, 11) is 1.95. The fourth-order valence-electron chi connectivity index (χ4n) is 2.59. The van der Waals surface area contributed by atoms with Crippen LogP contribution in [0.3, 0.4) is 0 Å². The van der Waals surface area contributed by atoms with Crippen molar-refractivity contribution in [2.75, 3.05) is 23.6 Å². The highest BCUT2D eigenvalue weighted by Crippen LogP contribution is 2.23. The number of anilines is 2. The van der Waals surface area contributed by atoms with Crippen molar-refractivity contribution >= 4 is 40.4 Å². The van der Waals surface area contributed by atoms with Gasteiger partial charge in [0, 0.05) is 24.5 Å². The van der Waals surface area contributed by atoms with Crippen LogP contribution in [0.1, 0.15) is 32.3 Å². The van der Waals surface area contributed by atoms with E-state index < -0.39 is 0 Å². The zero-order valence-corrected chi connectivity index (χ0v) is 17.3. The number of hydrogen-bond donors (Lipinski definition) is 3. The summed E-state index contributed by atoms with van der Waals surface area (Å²) in [5.41, 5.74) is 4.40. The molecule has 0 aliphatic heterocycles. The molecule has 140 valence electrons. The zero-order chi connectivity index (χ0) is 18.8. The van der Waals surface area contributed by atoms with E-state index in [2.05, 4.69) is 59.5 Å². The highest BCUT2D eigenvalue weighted by Gasteiger charge is 2.04. The van der Waals surface area contributed by atoms with Gasteiger partial charge in [-0.05, 0) is 48.1 Å². The van der Waals surface area contributed by atoms with Crippen LogP contribution < -0.4 is 16.0 Å². The second kappa shape index (κ2) is 11.0. The van der Waals surface area contributed by atoms with E-state index in [4.69, 9.17) is 11.6 Å². The Labute approximate surface area is 166 Å². The first-order valence-electron chi connectivity index (χ1n) is 9.02. The van der Waals surface area contributed by atoms with Gasteiger partial charge in [-0.3, -0.25) is 0 Å². The molecule has 3 nitrogen and oxygen atoms in total. The van der Waals surface area contributed by atoms with E-state index in [0.29, 0.717) is 6.04 Å². The van der Waals surface area contributed by atoms with Gasteiger partial charge >= 0.3 is 0 Å². The topological polar surface area (TPSA) is 36.1 Å². The van der Waals surface area contributed by atoms with Gasteiger partial charge in [-0.25, -0.2) is 0 Å². The Kier molecular flexibility index (Phi) is 8.72. The highest BCUT2D eigenvalue weighted by molar-refractivity contribution is 8.02. The Morgan fingerprint density at radius 2 is 1.77 bits per heavy atom. The molecule has 0 fully saturated rings. The lowest BCUT2D eigenvalue weighted by molar-refractivity contribution is 0.672. The van der Waals surface area contributed by atoms with E-state index in [1.165, 1.54) is 11.3 Å². The Hall–Kier alpha value is -1.78. The number of hydrogen-bond acceptors (Lipinski definition) is 4. The SMILES string of the molecule is CCC(CC)Nc1ccc(/C(=C/SCNc2ccccc2Cl)NC)cc1. The lowest BCUT2D eigenvalue weighted by Crippen LogP contribution is -2.16. The van der Waals surface area contributed by atoms with E-state index in [9.17, 15) is 0 Å². The van der Waals surface area contributed by atoms with Crippen LogP contribution in [-0.4, -0.2) is 19.0 Å². The van der Waals surface area contributed by atoms with Crippen molar-refractivity contribution in [2.24, 2.45) is 0 Å². The first-order chi connectivity index (χ1) is 12.7. The molecular formula is C21H28ClN3S. The van der Waals surface area contributed by atoms with Crippen molar-refractivity contribution in [3.05, 3.63) is 64.5 Å². The van der Waals surface area contributed by atoms with E-state index in [1.807, 2.05) is 31.3 Å². The number of rotatable bonds is 10. The van der Waals surface area contributed by atoms with Crippen molar-refractivity contribution in [2.45, 2.75) is 32.7 Å². The van der Waals surface area contributed by atoms with Crippen LogP contribution >= 0.6 is 23.4 Å². The molecule has 0 aliphatic carbocycles. The Morgan fingerprint density at radius 1 is 1.08 bits per heavy atom. The summed E-state index contributed by atoms with van der Waals surface area (Å²) in [6, 6.07) is 16.9. The maximum Gasteiger partial charge on any atom is 0.0652 e. The second-order valence-electron chi connectivity index (χ2n) is 5.98. The molecule has 0 atom stereocenters. The molecule has 2 rings (SSSR count). The summed E-state index contributed by atoms with van der Waals surface area (Å²) < 4.78 is 0. The number of nitrogens with one attached hydrogen (secondary N) is 3. The summed E-state index contributed by atoms with van der Waals surface area (Å²) in [6.07, 6.45) is 2.27. The summed E-state index contributed by atoms with van der Waals surface area (Å²) in [5.74, 6) is 0.753. The maximum absolute atomic E-state index is 6.16. The lowest BCUT2D eigenvalue weighted by atomic mass is 10.1. The molecule has 3 N–H and O–H groups in total. The molecule has 0 bridgehead atoms. The zero-order valence-electron chi connectivity index (χ0n) is 15.7. The molecule has 2 aromatic rings. The van der Waals surface area contributed by atoms with E-state index in [0.717, 1.165) is 35.1 Å². The molecule has 2 aromatic carbocycles. The quantitative estimate of drug-likeness (QED) is 0.331. The first-order valence-corrected chi connectivity index (χ1v) is 10.5. The fourth-order valence-corrected chi connectivity index (χ4v) is 3.54. The van der Waals surface area contributed by atoms with Crippen LogP contribution in [-0.2, 0) is 0 Å². The smallest absolute Gasteiger partial charge is 0.0652 e. The third-order valence-electron chi connectivity index (χ3n) is 4.24. The van der Waals surface area contributed by atoms with Gasteiger partial charge in [0.1, 0.15) is 0 Å². The lowest BCUT2D eigenvalue weighted by Gasteiger charge is -2.16. The normalized spacial score (nSPS) is 11.5. The molecule has 0 unspecified atom stereocenters.